The minimum absolute atomic E-state index is 0.119. The van der Waals surface area contributed by atoms with Crippen LogP contribution in [0.2, 0.25) is 0 Å². The van der Waals surface area contributed by atoms with Gasteiger partial charge in [0, 0.05) is 33.0 Å². The van der Waals surface area contributed by atoms with E-state index in [1.54, 1.807) is 12.1 Å². The molecule has 26 heavy (non-hydrogen) atoms. The summed E-state index contributed by atoms with van der Waals surface area (Å²) in [5.41, 5.74) is 2.07. The minimum atomic E-state index is -0.464. The zero-order valence-electron chi connectivity index (χ0n) is 14.9. The number of esters is 1. The third-order valence-electron chi connectivity index (χ3n) is 4.58. The standard InChI is InChI=1S/C18H22N4O4/c1-21-16(23)8-6-13(20-21)17(24)19-14-11-12(18(25)26-2)5-7-15(14)22-9-3-4-10-22/h5,7,11H,3-4,6,8-10H2,1-2H3,(H,19,24). The molecule has 1 aromatic carbocycles. The molecule has 8 nitrogen and oxygen atoms in total. The van der Waals surface area contributed by atoms with Crippen molar-refractivity contribution in [3.8, 4) is 0 Å². The topological polar surface area (TPSA) is 91.3 Å². The Kier molecular flexibility index (Phi) is 5.20. The molecule has 8 heteroatoms. The summed E-state index contributed by atoms with van der Waals surface area (Å²) >= 11 is 0. The van der Waals surface area contributed by atoms with E-state index in [1.165, 1.54) is 19.2 Å². The molecule has 1 saturated heterocycles. The molecule has 0 atom stereocenters. The van der Waals surface area contributed by atoms with Crippen molar-refractivity contribution >= 4 is 34.9 Å². The molecule has 1 fully saturated rings. The van der Waals surface area contributed by atoms with Crippen molar-refractivity contribution in [1.82, 2.24) is 5.01 Å². The van der Waals surface area contributed by atoms with Crippen LogP contribution in [-0.4, -0.2) is 55.8 Å². The van der Waals surface area contributed by atoms with Crippen LogP contribution in [0.15, 0.2) is 23.3 Å². The van der Waals surface area contributed by atoms with Crippen molar-refractivity contribution < 1.29 is 19.1 Å². The third kappa shape index (κ3) is 3.68. The van der Waals surface area contributed by atoms with Gasteiger partial charge in [-0.1, -0.05) is 0 Å². The Labute approximate surface area is 151 Å². The fourth-order valence-electron chi connectivity index (χ4n) is 3.14. The molecule has 138 valence electrons. The number of ether oxygens (including phenoxy) is 1. The average Bonchev–Trinajstić information content (AvgIpc) is 3.17. The van der Waals surface area contributed by atoms with E-state index >= 15 is 0 Å². The molecule has 0 radical (unpaired) electrons. The highest BCUT2D eigenvalue weighted by Gasteiger charge is 2.24. The zero-order valence-corrected chi connectivity index (χ0v) is 14.9. The first kappa shape index (κ1) is 17.9. The van der Waals surface area contributed by atoms with Gasteiger partial charge in [0.15, 0.2) is 0 Å². The highest BCUT2D eigenvalue weighted by molar-refractivity contribution is 6.43. The molecule has 0 aliphatic carbocycles. The maximum absolute atomic E-state index is 12.6. The summed E-state index contributed by atoms with van der Waals surface area (Å²) in [7, 11) is 2.85. The summed E-state index contributed by atoms with van der Waals surface area (Å²) in [6, 6.07) is 5.14. The first-order valence-corrected chi connectivity index (χ1v) is 8.62. The van der Waals surface area contributed by atoms with Gasteiger partial charge in [0.25, 0.3) is 5.91 Å². The lowest BCUT2D eigenvalue weighted by molar-refractivity contribution is -0.130. The van der Waals surface area contributed by atoms with Crippen LogP contribution >= 0.6 is 0 Å². The normalized spacial score (nSPS) is 17.2. The number of hydrazone groups is 1. The van der Waals surface area contributed by atoms with E-state index in [0.717, 1.165) is 31.6 Å². The Balaban J connectivity index is 1.88. The summed E-state index contributed by atoms with van der Waals surface area (Å²) in [6.07, 6.45) is 2.73. The molecule has 2 heterocycles. The smallest absolute Gasteiger partial charge is 0.337 e. The summed E-state index contributed by atoms with van der Waals surface area (Å²) in [6.45, 7) is 1.80. The SMILES string of the molecule is COC(=O)c1ccc(N2CCCC2)c(NC(=O)C2=NN(C)C(=O)CC2)c1. The average molecular weight is 358 g/mol. The number of amides is 2. The number of anilines is 2. The van der Waals surface area contributed by atoms with E-state index < -0.39 is 5.97 Å². The lowest BCUT2D eigenvalue weighted by atomic mass is 10.1. The second kappa shape index (κ2) is 7.55. The van der Waals surface area contributed by atoms with Crippen molar-refractivity contribution in [2.75, 3.05) is 37.5 Å². The van der Waals surface area contributed by atoms with Gasteiger partial charge in [-0.25, -0.2) is 9.80 Å². The molecule has 2 aliphatic rings. The van der Waals surface area contributed by atoms with E-state index in [4.69, 9.17) is 4.74 Å². The van der Waals surface area contributed by atoms with E-state index in [0.29, 0.717) is 23.4 Å². The Morgan fingerprint density at radius 3 is 2.58 bits per heavy atom. The fourth-order valence-corrected chi connectivity index (χ4v) is 3.14. The molecule has 3 rings (SSSR count). The molecule has 1 N–H and O–H groups in total. The van der Waals surface area contributed by atoms with Crippen molar-refractivity contribution in [2.24, 2.45) is 5.10 Å². The molecule has 0 saturated carbocycles. The van der Waals surface area contributed by atoms with Gasteiger partial charge in [-0.2, -0.15) is 5.10 Å². The number of rotatable bonds is 4. The lowest BCUT2D eigenvalue weighted by Gasteiger charge is -2.23. The number of carbonyl (C=O) groups is 3. The minimum Gasteiger partial charge on any atom is -0.465 e. The Bertz CT molecular complexity index is 768. The van der Waals surface area contributed by atoms with E-state index in [1.807, 2.05) is 6.07 Å². The first-order valence-electron chi connectivity index (χ1n) is 8.62. The summed E-state index contributed by atoms with van der Waals surface area (Å²) in [5.74, 6) is -0.951. The van der Waals surface area contributed by atoms with Gasteiger partial charge in [0.05, 0.1) is 24.0 Å². The van der Waals surface area contributed by atoms with Crippen molar-refractivity contribution in [1.29, 1.82) is 0 Å². The largest absolute Gasteiger partial charge is 0.465 e. The predicted molar refractivity (Wildman–Crippen MR) is 97.3 cm³/mol. The van der Waals surface area contributed by atoms with Crippen LogP contribution < -0.4 is 10.2 Å². The zero-order chi connectivity index (χ0) is 18.7. The number of nitrogens with one attached hydrogen (secondary N) is 1. The van der Waals surface area contributed by atoms with Crippen molar-refractivity contribution in [3.63, 3.8) is 0 Å². The molecule has 1 aromatic rings. The predicted octanol–water partition coefficient (Wildman–Crippen LogP) is 1.62. The Morgan fingerprint density at radius 1 is 1.19 bits per heavy atom. The summed E-state index contributed by atoms with van der Waals surface area (Å²) in [5, 5.41) is 8.08. The Hall–Kier alpha value is -2.90. The summed E-state index contributed by atoms with van der Waals surface area (Å²) < 4.78 is 4.77. The fraction of sp³-hybridized carbons (Fsp3) is 0.444. The first-order chi connectivity index (χ1) is 12.5. The molecule has 0 unspecified atom stereocenters. The molecule has 0 aromatic heterocycles. The van der Waals surface area contributed by atoms with E-state index in [-0.39, 0.29) is 18.2 Å². The number of carbonyl (C=O) groups excluding carboxylic acids is 3. The molecule has 0 bridgehead atoms. The highest BCUT2D eigenvalue weighted by Crippen LogP contribution is 2.30. The number of hydrogen-bond acceptors (Lipinski definition) is 6. The quantitative estimate of drug-likeness (QED) is 0.826. The van der Waals surface area contributed by atoms with Crippen molar-refractivity contribution in [2.45, 2.75) is 25.7 Å². The second-order valence-electron chi connectivity index (χ2n) is 6.34. The van der Waals surface area contributed by atoms with Crippen LogP contribution in [0.1, 0.15) is 36.0 Å². The van der Waals surface area contributed by atoms with Gasteiger partial charge >= 0.3 is 5.97 Å². The monoisotopic (exact) mass is 358 g/mol. The summed E-state index contributed by atoms with van der Waals surface area (Å²) in [4.78, 5) is 38.2. The molecule has 0 spiro atoms. The molecular weight excluding hydrogens is 336 g/mol. The van der Waals surface area contributed by atoms with E-state index in [9.17, 15) is 14.4 Å². The van der Waals surface area contributed by atoms with Gasteiger partial charge in [0.1, 0.15) is 5.71 Å². The maximum Gasteiger partial charge on any atom is 0.337 e. The highest BCUT2D eigenvalue weighted by atomic mass is 16.5. The maximum atomic E-state index is 12.6. The molecular formula is C18H22N4O4. The van der Waals surface area contributed by atoms with E-state index in [2.05, 4.69) is 15.3 Å². The van der Waals surface area contributed by atoms with Crippen molar-refractivity contribution in [3.05, 3.63) is 23.8 Å². The number of benzene rings is 1. The Morgan fingerprint density at radius 2 is 1.92 bits per heavy atom. The number of methoxy groups -OCH3 is 1. The lowest BCUT2D eigenvalue weighted by Crippen LogP contribution is -2.34. The van der Waals surface area contributed by atoms with Gasteiger partial charge in [-0.3, -0.25) is 9.59 Å². The van der Waals surface area contributed by atoms with Gasteiger partial charge in [0.2, 0.25) is 5.91 Å². The van der Waals surface area contributed by atoms with Gasteiger partial charge < -0.3 is 15.0 Å². The number of hydrogen-bond donors (Lipinski definition) is 1. The van der Waals surface area contributed by atoms with Crippen LogP contribution in [0.25, 0.3) is 0 Å². The van der Waals surface area contributed by atoms with Crippen LogP contribution in [-0.2, 0) is 14.3 Å². The third-order valence-corrected chi connectivity index (χ3v) is 4.58. The molecule has 2 amide bonds. The van der Waals surface area contributed by atoms with Crippen LogP contribution in [0.3, 0.4) is 0 Å². The van der Waals surface area contributed by atoms with Crippen LogP contribution in [0, 0.1) is 0 Å². The number of nitrogens with zero attached hydrogens (tertiary/aromatic N) is 3. The van der Waals surface area contributed by atoms with Crippen LogP contribution in [0.5, 0.6) is 0 Å². The second-order valence-corrected chi connectivity index (χ2v) is 6.34. The van der Waals surface area contributed by atoms with Gasteiger partial charge in [-0.05, 0) is 31.0 Å². The van der Waals surface area contributed by atoms with Crippen LogP contribution in [0.4, 0.5) is 11.4 Å². The molecule has 2 aliphatic heterocycles. The van der Waals surface area contributed by atoms with Gasteiger partial charge in [-0.15, -0.1) is 0 Å².